The fourth-order valence-corrected chi connectivity index (χ4v) is 2.47. The van der Waals surface area contributed by atoms with Crippen LogP contribution in [-0.4, -0.2) is 31.5 Å². The Balaban J connectivity index is 2.40. The van der Waals surface area contributed by atoms with Crippen molar-refractivity contribution in [1.82, 2.24) is 5.32 Å². The fourth-order valence-electron chi connectivity index (χ4n) is 2.47. The van der Waals surface area contributed by atoms with Crippen LogP contribution in [-0.2, 0) is 4.74 Å². The third-order valence-corrected chi connectivity index (χ3v) is 3.47. The molecule has 1 aliphatic rings. The number of alkyl halides is 3. The molecular formula is C13H24F3NO. The van der Waals surface area contributed by atoms with E-state index in [0.717, 1.165) is 26.0 Å². The van der Waals surface area contributed by atoms with Gasteiger partial charge in [0.2, 0.25) is 0 Å². The van der Waals surface area contributed by atoms with Crippen LogP contribution in [0.2, 0.25) is 0 Å². The van der Waals surface area contributed by atoms with Gasteiger partial charge in [-0.05, 0) is 38.1 Å². The number of halogens is 3. The maximum Gasteiger partial charge on any atom is 0.389 e. The van der Waals surface area contributed by atoms with Crippen LogP contribution < -0.4 is 5.32 Å². The van der Waals surface area contributed by atoms with Gasteiger partial charge in [-0.1, -0.05) is 13.8 Å². The molecule has 108 valence electrons. The zero-order chi connectivity index (χ0) is 13.6. The minimum atomic E-state index is -4.04. The average molecular weight is 267 g/mol. The van der Waals surface area contributed by atoms with Crippen molar-refractivity contribution in [3.63, 3.8) is 0 Å². The summed E-state index contributed by atoms with van der Waals surface area (Å²) in [5, 5.41) is 3.34. The molecule has 0 aromatic carbocycles. The van der Waals surface area contributed by atoms with E-state index in [2.05, 4.69) is 19.2 Å². The quantitative estimate of drug-likeness (QED) is 0.762. The third-order valence-electron chi connectivity index (χ3n) is 3.47. The van der Waals surface area contributed by atoms with Gasteiger partial charge in [0.25, 0.3) is 0 Å². The normalized spacial score (nSPS) is 26.5. The van der Waals surface area contributed by atoms with E-state index >= 15 is 0 Å². The molecule has 0 saturated carbocycles. The highest BCUT2D eigenvalue weighted by atomic mass is 19.4. The molecule has 1 rings (SSSR count). The van der Waals surface area contributed by atoms with E-state index in [1.54, 1.807) is 0 Å². The molecule has 3 unspecified atom stereocenters. The van der Waals surface area contributed by atoms with Gasteiger partial charge >= 0.3 is 6.18 Å². The van der Waals surface area contributed by atoms with Crippen molar-refractivity contribution >= 4 is 0 Å². The maximum atomic E-state index is 12.2. The number of ether oxygens (including phenoxy) is 1. The van der Waals surface area contributed by atoms with E-state index in [0.29, 0.717) is 12.3 Å². The SMILES string of the molecule is CCCNC(CCCC(F)(F)F)C1OCCC1C. The van der Waals surface area contributed by atoms with Gasteiger partial charge in [0, 0.05) is 19.1 Å². The van der Waals surface area contributed by atoms with Crippen LogP contribution >= 0.6 is 0 Å². The van der Waals surface area contributed by atoms with Gasteiger partial charge in [-0.15, -0.1) is 0 Å². The van der Waals surface area contributed by atoms with Crippen molar-refractivity contribution in [2.24, 2.45) is 5.92 Å². The second-order valence-electron chi connectivity index (χ2n) is 5.17. The molecule has 2 nitrogen and oxygen atoms in total. The summed E-state index contributed by atoms with van der Waals surface area (Å²) in [7, 11) is 0. The molecule has 0 aliphatic carbocycles. The summed E-state index contributed by atoms with van der Waals surface area (Å²) in [6.07, 6.45) is -1.96. The Kier molecular flexibility index (Phi) is 6.43. The van der Waals surface area contributed by atoms with Crippen LogP contribution in [0.25, 0.3) is 0 Å². The summed E-state index contributed by atoms with van der Waals surface area (Å²) in [6, 6.07) is 0.0600. The Morgan fingerprint density at radius 1 is 1.39 bits per heavy atom. The zero-order valence-electron chi connectivity index (χ0n) is 11.2. The summed E-state index contributed by atoms with van der Waals surface area (Å²) in [5.41, 5.74) is 0. The minimum Gasteiger partial charge on any atom is -0.376 e. The van der Waals surface area contributed by atoms with Crippen LogP contribution in [0.4, 0.5) is 13.2 Å². The van der Waals surface area contributed by atoms with Crippen molar-refractivity contribution in [3.8, 4) is 0 Å². The minimum absolute atomic E-state index is 0.0600. The lowest BCUT2D eigenvalue weighted by Crippen LogP contribution is -2.42. The first kappa shape index (κ1) is 15.8. The molecule has 3 atom stereocenters. The van der Waals surface area contributed by atoms with E-state index in [1.807, 2.05) is 0 Å². The van der Waals surface area contributed by atoms with Gasteiger partial charge in [-0.2, -0.15) is 13.2 Å². The van der Waals surface area contributed by atoms with Crippen LogP contribution in [0.5, 0.6) is 0 Å². The van der Waals surface area contributed by atoms with Crippen molar-refractivity contribution < 1.29 is 17.9 Å². The largest absolute Gasteiger partial charge is 0.389 e. The molecule has 5 heteroatoms. The Hall–Kier alpha value is -0.290. The van der Waals surface area contributed by atoms with Crippen LogP contribution in [0.15, 0.2) is 0 Å². The van der Waals surface area contributed by atoms with E-state index in [-0.39, 0.29) is 18.6 Å². The zero-order valence-corrected chi connectivity index (χ0v) is 11.2. The van der Waals surface area contributed by atoms with Crippen molar-refractivity contribution in [2.75, 3.05) is 13.2 Å². The summed E-state index contributed by atoms with van der Waals surface area (Å²) in [5.74, 6) is 0.435. The molecular weight excluding hydrogens is 243 g/mol. The number of hydrogen-bond acceptors (Lipinski definition) is 2. The van der Waals surface area contributed by atoms with E-state index < -0.39 is 12.6 Å². The molecule has 1 fully saturated rings. The highest BCUT2D eigenvalue weighted by Gasteiger charge is 2.33. The molecule has 18 heavy (non-hydrogen) atoms. The predicted molar refractivity (Wildman–Crippen MR) is 65.5 cm³/mol. The summed E-state index contributed by atoms with van der Waals surface area (Å²) < 4.78 is 42.1. The number of nitrogens with one attached hydrogen (secondary N) is 1. The van der Waals surface area contributed by atoms with Crippen LogP contribution in [0.1, 0.15) is 46.0 Å². The number of rotatable bonds is 7. The summed E-state index contributed by atoms with van der Waals surface area (Å²) in [6.45, 7) is 5.74. The van der Waals surface area contributed by atoms with Crippen LogP contribution in [0, 0.1) is 5.92 Å². The van der Waals surface area contributed by atoms with Crippen molar-refractivity contribution in [1.29, 1.82) is 0 Å². The Morgan fingerprint density at radius 2 is 2.11 bits per heavy atom. The number of hydrogen-bond donors (Lipinski definition) is 1. The lowest BCUT2D eigenvalue weighted by Gasteiger charge is -2.27. The lowest BCUT2D eigenvalue weighted by molar-refractivity contribution is -0.136. The summed E-state index contributed by atoms with van der Waals surface area (Å²) in [4.78, 5) is 0. The van der Waals surface area contributed by atoms with Gasteiger partial charge in [-0.25, -0.2) is 0 Å². The standard InChI is InChI=1S/C13H24F3NO/c1-3-8-17-11(5-4-7-13(14,15)16)12-10(2)6-9-18-12/h10-12,17H,3-9H2,1-2H3. The fraction of sp³-hybridized carbons (Fsp3) is 1.00. The molecule has 1 N–H and O–H groups in total. The van der Waals surface area contributed by atoms with Gasteiger partial charge in [0.05, 0.1) is 6.10 Å². The highest BCUT2D eigenvalue weighted by Crippen LogP contribution is 2.27. The lowest BCUT2D eigenvalue weighted by atomic mass is 9.94. The summed E-state index contributed by atoms with van der Waals surface area (Å²) >= 11 is 0. The molecule has 1 heterocycles. The molecule has 0 radical (unpaired) electrons. The molecule has 0 aromatic rings. The Labute approximate surface area is 107 Å². The molecule has 0 spiro atoms. The molecule has 1 aliphatic heterocycles. The first-order valence-electron chi connectivity index (χ1n) is 6.85. The highest BCUT2D eigenvalue weighted by molar-refractivity contribution is 4.85. The average Bonchev–Trinajstić information content (AvgIpc) is 2.68. The Bertz CT molecular complexity index is 233. The van der Waals surface area contributed by atoms with E-state index in [1.165, 1.54) is 0 Å². The van der Waals surface area contributed by atoms with Crippen LogP contribution in [0.3, 0.4) is 0 Å². The predicted octanol–water partition coefficient (Wildman–Crippen LogP) is 3.51. The molecule has 0 aromatic heterocycles. The van der Waals surface area contributed by atoms with Gasteiger partial charge in [-0.3, -0.25) is 0 Å². The van der Waals surface area contributed by atoms with Gasteiger partial charge < -0.3 is 10.1 Å². The van der Waals surface area contributed by atoms with Crippen molar-refractivity contribution in [2.45, 2.75) is 64.3 Å². The van der Waals surface area contributed by atoms with Crippen molar-refractivity contribution in [3.05, 3.63) is 0 Å². The topological polar surface area (TPSA) is 21.3 Å². The Morgan fingerprint density at radius 3 is 2.61 bits per heavy atom. The maximum absolute atomic E-state index is 12.2. The smallest absolute Gasteiger partial charge is 0.376 e. The third kappa shape index (κ3) is 5.57. The molecule has 0 bridgehead atoms. The molecule has 0 amide bonds. The monoisotopic (exact) mass is 267 g/mol. The first-order chi connectivity index (χ1) is 8.44. The second-order valence-corrected chi connectivity index (χ2v) is 5.17. The van der Waals surface area contributed by atoms with Gasteiger partial charge in [0.1, 0.15) is 0 Å². The second kappa shape index (κ2) is 7.34. The molecule has 1 saturated heterocycles. The van der Waals surface area contributed by atoms with Gasteiger partial charge in [0.15, 0.2) is 0 Å². The first-order valence-corrected chi connectivity index (χ1v) is 6.85. The van der Waals surface area contributed by atoms with E-state index in [4.69, 9.17) is 4.74 Å². The van der Waals surface area contributed by atoms with E-state index in [9.17, 15) is 13.2 Å².